The second-order valence-electron chi connectivity index (χ2n) is 12.2. The molecule has 0 saturated heterocycles. The van der Waals surface area contributed by atoms with Gasteiger partial charge in [-0.05, 0) is 64.7 Å². The van der Waals surface area contributed by atoms with Crippen LogP contribution in [0.3, 0.4) is 0 Å². The van der Waals surface area contributed by atoms with Crippen molar-refractivity contribution in [3.8, 4) is 45.3 Å². The number of nitrogens with zero attached hydrogens (tertiary/aromatic N) is 4. The van der Waals surface area contributed by atoms with Gasteiger partial charge in [-0.2, -0.15) is 0 Å². The molecule has 1 aliphatic heterocycles. The summed E-state index contributed by atoms with van der Waals surface area (Å²) in [5, 5.41) is 0. The monoisotopic (exact) mass is 592 g/mol. The molecule has 0 saturated carbocycles. The van der Waals surface area contributed by atoms with Crippen LogP contribution >= 0.6 is 0 Å². The number of rotatable bonds is 5. The molecule has 0 fully saturated rings. The number of hydrogen-bond donors (Lipinski definition) is 0. The van der Waals surface area contributed by atoms with Gasteiger partial charge in [0.1, 0.15) is 0 Å². The Kier molecular flexibility index (Phi) is 6.76. The molecule has 7 aromatic rings. The fraction of sp³-hybridized carbons (Fsp3) is 0.0714. The van der Waals surface area contributed by atoms with Gasteiger partial charge in [0.25, 0.3) is 0 Å². The van der Waals surface area contributed by atoms with Crippen molar-refractivity contribution in [2.75, 3.05) is 4.90 Å². The third kappa shape index (κ3) is 4.85. The Morgan fingerprint density at radius 1 is 0.391 bits per heavy atom. The number of hydrogen-bond acceptors (Lipinski definition) is 4. The highest BCUT2D eigenvalue weighted by atomic mass is 15.2. The maximum atomic E-state index is 5.03. The van der Waals surface area contributed by atoms with Crippen molar-refractivity contribution in [1.29, 1.82) is 0 Å². The van der Waals surface area contributed by atoms with E-state index in [1.54, 1.807) is 0 Å². The number of fused-ring (bicyclic) bond motifs is 2. The second kappa shape index (κ2) is 11.2. The summed E-state index contributed by atoms with van der Waals surface area (Å²) in [5.41, 5.74) is 11.1. The van der Waals surface area contributed by atoms with E-state index < -0.39 is 0 Å². The molecule has 4 heteroatoms. The molecule has 46 heavy (non-hydrogen) atoms. The first-order valence-electron chi connectivity index (χ1n) is 15.6. The molecule has 0 radical (unpaired) electrons. The van der Waals surface area contributed by atoms with E-state index in [-0.39, 0.29) is 5.41 Å². The summed E-state index contributed by atoms with van der Waals surface area (Å²) in [6.45, 7) is 4.62. The maximum Gasteiger partial charge on any atom is 0.164 e. The van der Waals surface area contributed by atoms with Crippen LogP contribution in [0.25, 0.3) is 45.3 Å². The van der Waals surface area contributed by atoms with E-state index in [2.05, 4.69) is 140 Å². The Balaban J connectivity index is 1.23. The first kappa shape index (κ1) is 27.7. The lowest BCUT2D eigenvalue weighted by Crippen LogP contribution is -2.30. The highest BCUT2D eigenvalue weighted by molar-refractivity contribution is 5.86. The molecule has 0 spiro atoms. The number of benzene rings is 6. The minimum atomic E-state index is -0.101. The number of para-hydroxylation sites is 2. The smallest absolute Gasteiger partial charge is 0.164 e. The Hall–Kier alpha value is -5.87. The summed E-state index contributed by atoms with van der Waals surface area (Å²) in [7, 11) is 0. The molecule has 1 aromatic heterocycles. The summed E-state index contributed by atoms with van der Waals surface area (Å²) in [6, 6.07) is 54.9. The minimum absolute atomic E-state index is 0.101. The van der Waals surface area contributed by atoms with Crippen LogP contribution in [0.2, 0.25) is 0 Å². The Morgan fingerprint density at radius 2 is 0.826 bits per heavy atom. The van der Waals surface area contributed by atoms with E-state index in [1.807, 2.05) is 36.4 Å². The van der Waals surface area contributed by atoms with E-state index in [0.29, 0.717) is 17.5 Å². The fourth-order valence-electron chi connectivity index (χ4n) is 6.53. The third-order valence-electron chi connectivity index (χ3n) is 8.92. The van der Waals surface area contributed by atoms with Gasteiger partial charge in [-0.1, -0.05) is 129 Å². The van der Waals surface area contributed by atoms with E-state index >= 15 is 0 Å². The fourth-order valence-corrected chi connectivity index (χ4v) is 6.53. The van der Waals surface area contributed by atoms with Gasteiger partial charge in [-0.25, -0.2) is 15.0 Å². The van der Waals surface area contributed by atoms with Gasteiger partial charge in [0, 0.05) is 27.8 Å². The summed E-state index contributed by atoms with van der Waals surface area (Å²) in [6.07, 6.45) is 0. The summed E-state index contributed by atoms with van der Waals surface area (Å²) in [5.74, 6) is 1.93. The van der Waals surface area contributed by atoms with Crippen LogP contribution in [0.4, 0.5) is 17.1 Å². The van der Waals surface area contributed by atoms with Crippen molar-refractivity contribution >= 4 is 17.1 Å². The molecule has 0 unspecified atom stereocenters. The van der Waals surface area contributed by atoms with Crippen molar-refractivity contribution < 1.29 is 0 Å². The van der Waals surface area contributed by atoms with Gasteiger partial charge >= 0.3 is 0 Å². The molecule has 0 bridgehead atoms. The Morgan fingerprint density at radius 3 is 1.41 bits per heavy atom. The van der Waals surface area contributed by atoms with E-state index in [9.17, 15) is 0 Å². The standard InChI is InChI=1S/C42H32N4/c1-42(2)35-20-9-11-22-37(35)46(38-23-12-10-21-36(38)42)34-26-24-31(25-27-34)40-43-39(30-16-7-4-8-17-30)44-41(45-40)33-19-13-18-32(28-33)29-14-5-3-6-15-29/h3-28H,1-2H3. The first-order chi connectivity index (χ1) is 22.6. The third-order valence-corrected chi connectivity index (χ3v) is 8.92. The number of aromatic nitrogens is 3. The average molecular weight is 593 g/mol. The second-order valence-corrected chi connectivity index (χ2v) is 12.2. The zero-order valence-corrected chi connectivity index (χ0v) is 25.8. The summed E-state index contributed by atoms with van der Waals surface area (Å²) >= 11 is 0. The normalized spacial score (nSPS) is 13.1. The first-order valence-corrected chi connectivity index (χ1v) is 15.6. The van der Waals surface area contributed by atoms with Gasteiger partial charge < -0.3 is 4.90 Å². The average Bonchev–Trinajstić information content (AvgIpc) is 3.13. The van der Waals surface area contributed by atoms with Crippen LogP contribution in [0.15, 0.2) is 158 Å². The Labute approximate surface area is 269 Å². The number of anilines is 3. The minimum Gasteiger partial charge on any atom is -0.310 e. The largest absolute Gasteiger partial charge is 0.310 e. The molecule has 0 atom stereocenters. The van der Waals surface area contributed by atoms with E-state index in [0.717, 1.165) is 33.5 Å². The summed E-state index contributed by atoms with van der Waals surface area (Å²) in [4.78, 5) is 17.3. The van der Waals surface area contributed by atoms with Crippen molar-refractivity contribution in [2.24, 2.45) is 0 Å². The topological polar surface area (TPSA) is 41.9 Å². The molecule has 1 aliphatic rings. The zero-order valence-electron chi connectivity index (χ0n) is 25.8. The molecule has 4 nitrogen and oxygen atoms in total. The quantitative estimate of drug-likeness (QED) is 0.199. The van der Waals surface area contributed by atoms with Gasteiger partial charge in [0.15, 0.2) is 17.5 Å². The molecular weight excluding hydrogens is 560 g/mol. The van der Waals surface area contributed by atoms with Crippen molar-refractivity contribution in [2.45, 2.75) is 19.3 Å². The molecule has 0 aliphatic carbocycles. The molecular formula is C42H32N4. The lowest BCUT2D eigenvalue weighted by Gasteiger charge is -2.42. The van der Waals surface area contributed by atoms with Crippen LogP contribution < -0.4 is 4.90 Å². The van der Waals surface area contributed by atoms with Gasteiger partial charge in [0.2, 0.25) is 0 Å². The van der Waals surface area contributed by atoms with Crippen LogP contribution in [0.1, 0.15) is 25.0 Å². The zero-order chi connectivity index (χ0) is 31.1. The lowest BCUT2D eigenvalue weighted by atomic mass is 9.73. The highest BCUT2D eigenvalue weighted by Gasteiger charge is 2.36. The molecule has 0 N–H and O–H groups in total. The van der Waals surface area contributed by atoms with Crippen LogP contribution in [0.5, 0.6) is 0 Å². The van der Waals surface area contributed by atoms with Crippen LogP contribution in [-0.2, 0) is 5.41 Å². The molecule has 220 valence electrons. The van der Waals surface area contributed by atoms with Gasteiger partial charge in [0.05, 0.1) is 11.4 Å². The maximum absolute atomic E-state index is 5.03. The predicted molar refractivity (Wildman–Crippen MR) is 188 cm³/mol. The highest BCUT2D eigenvalue weighted by Crippen LogP contribution is 2.51. The van der Waals surface area contributed by atoms with E-state index in [1.165, 1.54) is 22.5 Å². The Bertz CT molecular complexity index is 2120. The van der Waals surface area contributed by atoms with Crippen LogP contribution in [0, 0.1) is 0 Å². The molecule has 8 rings (SSSR count). The lowest BCUT2D eigenvalue weighted by molar-refractivity contribution is 0.632. The SMILES string of the molecule is CC1(C)c2ccccc2N(c2ccc(-c3nc(-c4ccccc4)nc(-c4cccc(-c5ccccc5)c4)n3)cc2)c2ccccc21. The molecule has 2 heterocycles. The molecule has 6 aromatic carbocycles. The van der Waals surface area contributed by atoms with Crippen molar-refractivity contribution in [3.05, 3.63) is 169 Å². The predicted octanol–water partition coefficient (Wildman–Crippen LogP) is 10.6. The van der Waals surface area contributed by atoms with Crippen molar-refractivity contribution in [1.82, 2.24) is 15.0 Å². The molecule has 0 amide bonds. The van der Waals surface area contributed by atoms with Crippen molar-refractivity contribution in [3.63, 3.8) is 0 Å². The van der Waals surface area contributed by atoms with Gasteiger partial charge in [-0.3, -0.25) is 0 Å². The summed E-state index contributed by atoms with van der Waals surface area (Å²) < 4.78 is 0. The van der Waals surface area contributed by atoms with E-state index in [4.69, 9.17) is 15.0 Å². The van der Waals surface area contributed by atoms with Gasteiger partial charge in [-0.15, -0.1) is 0 Å². The van der Waals surface area contributed by atoms with Crippen LogP contribution in [-0.4, -0.2) is 15.0 Å².